The molecule has 12 heteroatoms. The maximum absolute atomic E-state index is 14.1. The molecule has 1 amide bonds. The van der Waals surface area contributed by atoms with Crippen molar-refractivity contribution >= 4 is 22.1 Å². The Morgan fingerprint density at radius 1 is 1.00 bits per heavy atom. The summed E-state index contributed by atoms with van der Waals surface area (Å²) in [6.45, 7) is 5.24. The van der Waals surface area contributed by atoms with Crippen LogP contribution in [0, 0.1) is 17.3 Å². The number of rotatable bonds is 8. The highest BCUT2D eigenvalue weighted by atomic mass is 32.5. The molecule has 6 nitrogen and oxygen atoms in total. The van der Waals surface area contributed by atoms with Crippen LogP contribution in [0.25, 0.3) is 0 Å². The lowest BCUT2D eigenvalue weighted by Crippen LogP contribution is -2.49. The van der Waals surface area contributed by atoms with Crippen molar-refractivity contribution in [3.05, 3.63) is 59.7 Å². The number of nitrogens with one attached hydrogen (secondary N) is 1. The number of nitrogens with zero attached hydrogens (tertiary/aromatic N) is 1. The van der Waals surface area contributed by atoms with Crippen molar-refractivity contribution in [3.8, 4) is 5.75 Å². The van der Waals surface area contributed by atoms with Gasteiger partial charge in [0.2, 0.25) is 5.91 Å². The molecule has 1 aliphatic carbocycles. The van der Waals surface area contributed by atoms with E-state index in [-0.39, 0.29) is 29.7 Å². The highest BCUT2D eigenvalue weighted by Gasteiger charge is 2.65. The lowest BCUT2D eigenvalue weighted by molar-refractivity contribution is -0.154. The van der Waals surface area contributed by atoms with Gasteiger partial charge in [0, 0.05) is 30.0 Å². The van der Waals surface area contributed by atoms with Crippen LogP contribution in [0.1, 0.15) is 70.0 Å². The van der Waals surface area contributed by atoms with E-state index in [1.165, 1.54) is 12.0 Å². The molecule has 2 aliphatic rings. The second-order valence-electron chi connectivity index (χ2n) is 12.5. The molecule has 2 aromatic rings. The van der Waals surface area contributed by atoms with Crippen LogP contribution in [0.3, 0.4) is 0 Å². The van der Waals surface area contributed by atoms with Crippen LogP contribution in [0.4, 0.5) is 19.4 Å². The lowest BCUT2D eigenvalue weighted by Gasteiger charge is -2.41. The molecule has 0 unspecified atom stereocenters. The molecule has 0 spiro atoms. The first-order chi connectivity index (χ1) is 19.3. The molecule has 0 radical (unpaired) electrons. The molecule has 1 heterocycles. The number of methoxy groups -OCH3 is 1. The van der Waals surface area contributed by atoms with E-state index in [0.29, 0.717) is 30.5 Å². The maximum Gasteiger partial charge on any atom is 0.326 e. The smallest absolute Gasteiger partial charge is 0.326 e. The number of benzene rings is 2. The van der Waals surface area contributed by atoms with Gasteiger partial charge < -0.3 is 20.1 Å². The molecule has 1 saturated heterocycles. The Balaban J connectivity index is 1.83. The zero-order chi connectivity index (χ0) is 31.2. The van der Waals surface area contributed by atoms with Crippen molar-refractivity contribution < 1.29 is 38.9 Å². The van der Waals surface area contributed by atoms with E-state index >= 15 is 0 Å². The minimum absolute atomic E-state index is 0.0282. The quantitative estimate of drug-likeness (QED) is 0.293. The number of carbonyl (C=O) groups is 2. The molecule has 2 aromatic carbocycles. The monoisotopic (exact) mass is 618 g/mol. The summed E-state index contributed by atoms with van der Waals surface area (Å²) in [6, 6.07) is 7.73. The predicted molar refractivity (Wildman–Crippen MR) is 152 cm³/mol. The molecular weight excluding hydrogens is 579 g/mol. The van der Waals surface area contributed by atoms with Gasteiger partial charge in [-0.3, -0.25) is 4.79 Å². The predicted octanol–water partition coefficient (Wildman–Crippen LogP) is 8.09. The first kappa shape index (κ1) is 32.1. The van der Waals surface area contributed by atoms with Crippen molar-refractivity contribution in [3.63, 3.8) is 0 Å². The first-order valence-electron chi connectivity index (χ1n) is 14.1. The highest BCUT2D eigenvalue weighted by Crippen LogP contribution is 3.02. The molecule has 2 N–H and O–H groups in total. The van der Waals surface area contributed by atoms with E-state index in [1.54, 1.807) is 30.3 Å². The number of carboxylic acids is 1. The maximum atomic E-state index is 14.1. The minimum Gasteiger partial charge on any atom is -0.496 e. The first-order valence-corrected chi connectivity index (χ1v) is 16.0. The van der Waals surface area contributed by atoms with Gasteiger partial charge in [0.1, 0.15) is 16.7 Å². The van der Waals surface area contributed by atoms with Gasteiger partial charge in [-0.25, -0.2) is 4.79 Å². The standard InChI is InChI=1S/C30H39F5N2O4S/c1-30(2,3)24-25(36-18-21-17-22(15-16-23(21)41-4)42(31,32,33,34)35)26(19-11-7-5-8-12-19)37(27(24)29(39)40)28(38)20-13-9-6-10-14-20/h5,7-8,11-12,15-17,20,24-27,36H,6,9-10,13-14,18H2,1-4H3,(H,39,40)/t24-,25-,26-,27-/m0/s1. The van der Waals surface area contributed by atoms with Crippen molar-refractivity contribution in [1.29, 1.82) is 0 Å². The molecule has 0 bridgehead atoms. The zero-order valence-corrected chi connectivity index (χ0v) is 25.0. The van der Waals surface area contributed by atoms with Gasteiger partial charge in [0.25, 0.3) is 0 Å². The normalized spacial score (nSPS) is 25.5. The Morgan fingerprint density at radius 2 is 1.62 bits per heavy atom. The summed E-state index contributed by atoms with van der Waals surface area (Å²) >= 11 is 0. The van der Waals surface area contributed by atoms with Gasteiger partial charge in [0.05, 0.1) is 13.2 Å². The molecule has 234 valence electrons. The number of aliphatic carboxylic acids is 1. The fraction of sp³-hybridized carbons (Fsp3) is 0.533. The van der Waals surface area contributed by atoms with E-state index in [4.69, 9.17) is 4.74 Å². The van der Waals surface area contributed by atoms with Gasteiger partial charge in [-0.15, -0.1) is 0 Å². The summed E-state index contributed by atoms with van der Waals surface area (Å²) in [5.74, 6) is -2.47. The number of halogens is 5. The highest BCUT2D eigenvalue weighted by molar-refractivity contribution is 8.45. The Morgan fingerprint density at radius 3 is 2.14 bits per heavy atom. The van der Waals surface area contributed by atoms with E-state index in [2.05, 4.69) is 5.32 Å². The second-order valence-corrected chi connectivity index (χ2v) is 14.9. The second kappa shape index (κ2) is 10.7. The van der Waals surface area contributed by atoms with Crippen LogP contribution in [0.15, 0.2) is 53.4 Å². The third-order valence-electron chi connectivity index (χ3n) is 8.50. The van der Waals surface area contributed by atoms with Gasteiger partial charge in [0.15, 0.2) is 0 Å². The summed E-state index contributed by atoms with van der Waals surface area (Å²) < 4.78 is 73.7. The summed E-state index contributed by atoms with van der Waals surface area (Å²) in [5.41, 5.74) is -0.165. The molecule has 1 saturated carbocycles. The number of likely N-dealkylation sites (tertiary alicyclic amines) is 1. The lowest BCUT2D eigenvalue weighted by atomic mass is 9.72. The molecule has 4 rings (SSSR count). The average Bonchev–Trinajstić information content (AvgIpc) is 3.27. The largest absolute Gasteiger partial charge is 0.496 e. The van der Waals surface area contributed by atoms with Crippen molar-refractivity contribution in [2.45, 2.75) is 82.4 Å². The van der Waals surface area contributed by atoms with Crippen molar-refractivity contribution in [1.82, 2.24) is 10.2 Å². The Labute approximate surface area is 243 Å². The third kappa shape index (κ3) is 6.69. The number of ether oxygens (including phenoxy) is 1. The van der Waals surface area contributed by atoms with Crippen LogP contribution in [-0.4, -0.2) is 41.1 Å². The van der Waals surface area contributed by atoms with E-state index in [1.807, 2.05) is 20.8 Å². The molecule has 2 fully saturated rings. The Hall–Kier alpha value is -2.86. The summed E-state index contributed by atoms with van der Waals surface area (Å²) in [4.78, 5) is 26.5. The van der Waals surface area contributed by atoms with Crippen molar-refractivity contribution in [2.24, 2.45) is 17.3 Å². The van der Waals surface area contributed by atoms with Crippen LogP contribution < -0.4 is 10.1 Å². The topological polar surface area (TPSA) is 78.9 Å². The van der Waals surface area contributed by atoms with Crippen LogP contribution in [-0.2, 0) is 16.1 Å². The number of amides is 1. The van der Waals surface area contributed by atoms with Crippen LogP contribution >= 0.6 is 10.2 Å². The minimum atomic E-state index is -9.98. The molecule has 0 aromatic heterocycles. The summed E-state index contributed by atoms with van der Waals surface area (Å²) in [5, 5.41) is 13.8. The summed E-state index contributed by atoms with van der Waals surface area (Å²) in [6.07, 6.45) is 4.04. The number of hydrogen-bond donors (Lipinski definition) is 2. The van der Waals surface area contributed by atoms with E-state index in [0.717, 1.165) is 25.3 Å². The zero-order valence-electron chi connectivity index (χ0n) is 24.2. The van der Waals surface area contributed by atoms with Gasteiger partial charge in [-0.2, -0.15) is 0 Å². The Bertz CT molecular complexity index is 1310. The summed E-state index contributed by atoms with van der Waals surface area (Å²) in [7, 11) is -8.75. The van der Waals surface area contributed by atoms with Crippen LogP contribution in [0.2, 0.25) is 0 Å². The number of hydrogen-bond acceptors (Lipinski definition) is 4. The fourth-order valence-corrected chi connectivity index (χ4v) is 7.34. The van der Waals surface area contributed by atoms with E-state index in [9.17, 15) is 34.1 Å². The Kier molecular flexibility index (Phi) is 8.16. The third-order valence-corrected chi connectivity index (χ3v) is 9.64. The fourth-order valence-electron chi connectivity index (χ4n) is 6.65. The van der Waals surface area contributed by atoms with Crippen molar-refractivity contribution in [2.75, 3.05) is 7.11 Å². The average molecular weight is 619 g/mol. The molecule has 1 aliphatic heterocycles. The van der Waals surface area contributed by atoms with Crippen LogP contribution in [0.5, 0.6) is 5.75 Å². The molecule has 4 atom stereocenters. The van der Waals surface area contributed by atoms with Gasteiger partial charge in [-0.1, -0.05) is 89.8 Å². The molecular formula is C30H39F5N2O4S. The van der Waals surface area contributed by atoms with Gasteiger partial charge in [-0.05, 0) is 42.0 Å². The number of carbonyl (C=O) groups excluding carboxylic acids is 1. The SMILES string of the molecule is COc1ccc(S(F)(F)(F)(F)F)cc1CN[C@H]1[C@H](C(C)(C)C)[C@@H](C(=O)O)N(C(=O)C2CCCCC2)[C@H]1c1ccccc1. The number of carboxylic acid groups (broad SMARTS) is 1. The van der Waals surface area contributed by atoms with E-state index < -0.39 is 50.5 Å². The molecule has 42 heavy (non-hydrogen) atoms. The van der Waals surface area contributed by atoms with Gasteiger partial charge >= 0.3 is 16.2 Å².